The first kappa shape index (κ1) is 11.0. The topological polar surface area (TPSA) is 32.7 Å². The molecule has 2 heterocycles. The summed E-state index contributed by atoms with van der Waals surface area (Å²) >= 11 is 0. The first-order chi connectivity index (χ1) is 7.24. The smallest absolute Gasteiger partial charge is 0.0913 e. The minimum absolute atomic E-state index is 0.577. The van der Waals surface area contributed by atoms with Crippen LogP contribution in [0.5, 0.6) is 0 Å². The molecule has 1 saturated heterocycles. The van der Waals surface area contributed by atoms with Crippen molar-refractivity contribution in [3.63, 3.8) is 0 Å². The summed E-state index contributed by atoms with van der Waals surface area (Å²) in [6.45, 7) is 6.08. The third-order valence-corrected chi connectivity index (χ3v) is 3.66. The maximum Gasteiger partial charge on any atom is 0.0913 e. The molecule has 0 bridgehead atoms. The van der Waals surface area contributed by atoms with Crippen molar-refractivity contribution in [1.82, 2.24) is 4.90 Å². The highest BCUT2D eigenvalue weighted by Gasteiger charge is 2.36. The van der Waals surface area contributed by atoms with E-state index in [9.17, 15) is 5.11 Å². The van der Waals surface area contributed by atoms with Gasteiger partial charge in [-0.15, -0.1) is 0 Å². The van der Waals surface area contributed by atoms with Gasteiger partial charge in [0.1, 0.15) is 0 Å². The Bertz CT molecular complexity index is 242. The van der Waals surface area contributed by atoms with Crippen molar-refractivity contribution in [2.75, 3.05) is 26.2 Å². The van der Waals surface area contributed by atoms with E-state index in [0.29, 0.717) is 0 Å². The Labute approximate surface area is 91.7 Å². The molecule has 0 radical (unpaired) electrons. The number of likely N-dealkylation sites (tertiary alicyclic amines) is 1. The second-order valence-electron chi connectivity index (χ2n) is 4.58. The van der Waals surface area contributed by atoms with E-state index in [1.54, 1.807) is 6.26 Å². The highest BCUT2D eigenvalue weighted by atomic mass is 16.5. The van der Waals surface area contributed by atoms with E-state index < -0.39 is 5.60 Å². The van der Waals surface area contributed by atoms with Crippen molar-refractivity contribution in [2.45, 2.75) is 38.2 Å². The molecule has 0 unspecified atom stereocenters. The molecule has 2 aliphatic heterocycles. The van der Waals surface area contributed by atoms with Crippen LogP contribution in [0.2, 0.25) is 0 Å². The Morgan fingerprint density at radius 2 is 2.20 bits per heavy atom. The van der Waals surface area contributed by atoms with Gasteiger partial charge < -0.3 is 14.7 Å². The molecule has 1 N–H and O–H groups in total. The van der Waals surface area contributed by atoms with Crippen LogP contribution in [-0.2, 0) is 4.74 Å². The first-order valence-electron chi connectivity index (χ1n) is 6.00. The van der Waals surface area contributed by atoms with Gasteiger partial charge in [0.05, 0.1) is 18.5 Å². The molecule has 0 atom stereocenters. The summed E-state index contributed by atoms with van der Waals surface area (Å²) in [4.78, 5) is 2.39. The minimum atomic E-state index is -0.577. The van der Waals surface area contributed by atoms with Crippen LogP contribution < -0.4 is 0 Å². The van der Waals surface area contributed by atoms with Crippen molar-refractivity contribution < 1.29 is 9.84 Å². The van der Waals surface area contributed by atoms with Gasteiger partial charge in [0.2, 0.25) is 0 Å². The minimum Gasteiger partial charge on any atom is -0.501 e. The summed E-state index contributed by atoms with van der Waals surface area (Å²) in [5.74, 6) is 0. The second-order valence-corrected chi connectivity index (χ2v) is 4.58. The molecule has 0 aromatic heterocycles. The maximum atomic E-state index is 10.5. The average molecular weight is 211 g/mol. The van der Waals surface area contributed by atoms with Gasteiger partial charge in [-0.25, -0.2) is 0 Å². The fraction of sp³-hybridized carbons (Fsp3) is 0.833. The zero-order valence-corrected chi connectivity index (χ0v) is 9.54. The van der Waals surface area contributed by atoms with E-state index in [0.717, 1.165) is 57.5 Å². The molecule has 0 spiro atoms. The summed E-state index contributed by atoms with van der Waals surface area (Å²) < 4.78 is 5.32. The molecule has 86 valence electrons. The Morgan fingerprint density at radius 1 is 1.47 bits per heavy atom. The summed E-state index contributed by atoms with van der Waals surface area (Å²) in [6.07, 6.45) is 5.56. The molecule has 1 fully saturated rings. The standard InChI is InChI=1S/C12H21NO2/c1-2-13-7-5-12(14,6-8-13)11-4-3-9-15-10-11/h10,14H,2-9H2,1H3. The maximum absolute atomic E-state index is 10.5. The van der Waals surface area contributed by atoms with Crippen molar-refractivity contribution in [3.05, 3.63) is 11.8 Å². The summed E-state index contributed by atoms with van der Waals surface area (Å²) in [5, 5.41) is 10.5. The number of rotatable bonds is 2. The molecule has 3 nitrogen and oxygen atoms in total. The van der Waals surface area contributed by atoms with Gasteiger partial charge >= 0.3 is 0 Å². The zero-order chi connectivity index (χ0) is 10.7. The SMILES string of the molecule is CCN1CCC(O)(C2=COCCC2)CC1. The zero-order valence-electron chi connectivity index (χ0n) is 9.54. The molecule has 2 aliphatic rings. The van der Waals surface area contributed by atoms with Crippen LogP contribution in [0.25, 0.3) is 0 Å². The van der Waals surface area contributed by atoms with E-state index >= 15 is 0 Å². The van der Waals surface area contributed by atoms with Gasteiger partial charge in [0, 0.05) is 13.1 Å². The van der Waals surface area contributed by atoms with Crippen LogP contribution in [0.1, 0.15) is 32.6 Å². The molecule has 2 rings (SSSR count). The van der Waals surface area contributed by atoms with Crippen molar-refractivity contribution in [2.24, 2.45) is 0 Å². The lowest BCUT2D eigenvalue weighted by Crippen LogP contribution is -2.45. The molecule has 0 aromatic carbocycles. The predicted octanol–water partition coefficient (Wildman–Crippen LogP) is 1.53. The van der Waals surface area contributed by atoms with Crippen LogP contribution in [0.15, 0.2) is 11.8 Å². The largest absolute Gasteiger partial charge is 0.501 e. The molecule has 15 heavy (non-hydrogen) atoms. The highest BCUT2D eigenvalue weighted by Crippen LogP contribution is 2.33. The molecular weight excluding hydrogens is 190 g/mol. The summed E-state index contributed by atoms with van der Waals surface area (Å²) in [6, 6.07) is 0. The first-order valence-corrected chi connectivity index (χ1v) is 6.00. The third-order valence-electron chi connectivity index (χ3n) is 3.66. The Hall–Kier alpha value is -0.540. The fourth-order valence-corrected chi connectivity index (χ4v) is 2.47. The van der Waals surface area contributed by atoms with E-state index in [1.165, 1.54) is 0 Å². The number of ether oxygens (including phenoxy) is 1. The number of piperidine rings is 1. The number of nitrogens with zero attached hydrogens (tertiary/aromatic N) is 1. The van der Waals surface area contributed by atoms with Crippen molar-refractivity contribution >= 4 is 0 Å². The van der Waals surface area contributed by atoms with Crippen LogP contribution in [-0.4, -0.2) is 41.8 Å². The summed E-state index contributed by atoms with van der Waals surface area (Å²) in [5.41, 5.74) is 0.538. The van der Waals surface area contributed by atoms with E-state index in [-0.39, 0.29) is 0 Å². The van der Waals surface area contributed by atoms with Crippen LogP contribution in [0.3, 0.4) is 0 Å². The number of aliphatic hydroxyl groups is 1. The Kier molecular flexibility index (Phi) is 3.32. The molecular formula is C12H21NO2. The van der Waals surface area contributed by atoms with Gasteiger partial charge in [-0.05, 0) is 37.8 Å². The highest BCUT2D eigenvalue weighted by molar-refractivity contribution is 5.17. The van der Waals surface area contributed by atoms with Crippen molar-refractivity contribution in [1.29, 1.82) is 0 Å². The van der Waals surface area contributed by atoms with Crippen molar-refractivity contribution in [3.8, 4) is 0 Å². The monoisotopic (exact) mass is 211 g/mol. The Balaban J connectivity index is 1.98. The number of hydrogen-bond donors (Lipinski definition) is 1. The van der Waals surface area contributed by atoms with E-state index in [1.807, 2.05) is 0 Å². The van der Waals surface area contributed by atoms with Crippen LogP contribution in [0.4, 0.5) is 0 Å². The lowest BCUT2D eigenvalue weighted by Gasteiger charge is -2.40. The molecule has 0 aromatic rings. The molecule has 0 aliphatic carbocycles. The van der Waals surface area contributed by atoms with E-state index in [2.05, 4.69) is 11.8 Å². The summed E-state index contributed by atoms with van der Waals surface area (Å²) in [7, 11) is 0. The molecule has 3 heteroatoms. The molecule has 0 saturated carbocycles. The Morgan fingerprint density at radius 3 is 2.73 bits per heavy atom. The van der Waals surface area contributed by atoms with Crippen LogP contribution >= 0.6 is 0 Å². The van der Waals surface area contributed by atoms with Gasteiger partial charge in [0.15, 0.2) is 0 Å². The lowest BCUT2D eigenvalue weighted by molar-refractivity contribution is 0.00168. The van der Waals surface area contributed by atoms with Gasteiger partial charge in [-0.1, -0.05) is 6.92 Å². The lowest BCUT2D eigenvalue weighted by atomic mass is 9.82. The fourth-order valence-electron chi connectivity index (χ4n) is 2.47. The van der Waals surface area contributed by atoms with Gasteiger partial charge in [-0.2, -0.15) is 0 Å². The average Bonchev–Trinajstić information content (AvgIpc) is 2.31. The third kappa shape index (κ3) is 2.34. The second kappa shape index (κ2) is 4.54. The van der Waals surface area contributed by atoms with Gasteiger partial charge in [0.25, 0.3) is 0 Å². The van der Waals surface area contributed by atoms with Crippen LogP contribution in [0, 0.1) is 0 Å². The van der Waals surface area contributed by atoms with Gasteiger partial charge in [-0.3, -0.25) is 0 Å². The molecule has 0 amide bonds. The predicted molar refractivity (Wildman–Crippen MR) is 59.6 cm³/mol. The van der Waals surface area contributed by atoms with E-state index in [4.69, 9.17) is 4.74 Å². The normalized spacial score (nSPS) is 26.9. The number of hydrogen-bond acceptors (Lipinski definition) is 3. The quantitative estimate of drug-likeness (QED) is 0.752.